The lowest BCUT2D eigenvalue weighted by atomic mass is 10.2. The number of nitrogens with zero attached hydrogens (tertiary/aromatic N) is 7. The average molecular weight is 512 g/mol. The van der Waals surface area contributed by atoms with Gasteiger partial charge in [-0.25, -0.2) is 0 Å². The van der Waals surface area contributed by atoms with Crippen LogP contribution in [0.4, 0.5) is 17.8 Å². The lowest BCUT2D eigenvalue weighted by Gasteiger charge is -2.29. The normalized spacial score (nSPS) is 16.7. The summed E-state index contributed by atoms with van der Waals surface area (Å²) in [7, 11) is 0. The number of halogens is 1. The van der Waals surface area contributed by atoms with Gasteiger partial charge in [-0.05, 0) is 35.9 Å². The van der Waals surface area contributed by atoms with Crippen molar-refractivity contribution in [1.82, 2.24) is 15.0 Å². The van der Waals surface area contributed by atoms with Gasteiger partial charge in [0.05, 0.1) is 33.0 Å². The van der Waals surface area contributed by atoms with Crippen LogP contribution in [0.3, 0.4) is 0 Å². The molecule has 2 aliphatic rings. The van der Waals surface area contributed by atoms with E-state index in [4.69, 9.17) is 26.1 Å². The Morgan fingerprint density at radius 3 is 2.03 bits per heavy atom. The van der Waals surface area contributed by atoms with Gasteiger partial charge in [0.25, 0.3) is 5.95 Å². The first kappa shape index (κ1) is 23.9. The molecule has 0 amide bonds. The van der Waals surface area contributed by atoms with Crippen LogP contribution in [-0.4, -0.2) is 67.6 Å². The lowest BCUT2D eigenvalue weighted by molar-refractivity contribution is 0.121. The summed E-state index contributed by atoms with van der Waals surface area (Å²) >= 11 is 7.70. The van der Waals surface area contributed by atoms with E-state index in [1.54, 1.807) is 11.8 Å². The summed E-state index contributed by atoms with van der Waals surface area (Å²) in [5, 5.41) is 9.57. The van der Waals surface area contributed by atoms with E-state index in [1.165, 1.54) is 0 Å². The molecule has 11 heteroatoms. The number of rotatable bonds is 7. The van der Waals surface area contributed by atoms with Gasteiger partial charge in [0, 0.05) is 41.0 Å². The van der Waals surface area contributed by atoms with Gasteiger partial charge in [0.2, 0.25) is 11.9 Å². The third-order valence-corrected chi connectivity index (χ3v) is 6.98. The SMILES string of the molecule is Clc1ccc(Sc2ccccc2CN=Nc2nc(N3CCOCC3)nc(N3CCOCC3)n2)cc1. The molecule has 0 aliphatic carbocycles. The number of hydrogen-bond donors (Lipinski definition) is 0. The van der Waals surface area contributed by atoms with E-state index in [1.807, 2.05) is 36.4 Å². The quantitative estimate of drug-likeness (QED) is 0.424. The van der Waals surface area contributed by atoms with Crippen molar-refractivity contribution < 1.29 is 9.47 Å². The van der Waals surface area contributed by atoms with Crippen LogP contribution >= 0.6 is 23.4 Å². The Bertz CT molecular complexity index is 1120. The zero-order valence-electron chi connectivity index (χ0n) is 19.2. The van der Waals surface area contributed by atoms with Crippen molar-refractivity contribution in [3.8, 4) is 0 Å². The molecule has 0 spiro atoms. The first-order valence-corrected chi connectivity index (χ1v) is 12.7. The second-order valence-corrected chi connectivity index (χ2v) is 9.55. The molecule has 2 aromatic carbocycles. The molecule has 5 rings (SSSR count). The summed E-state index contributed by atoms with van der Waals surface area (Å²) in [6.07, 6.45) is 0. The molecule has 35 heavy (non-hydrogen) atoms. The zero-order chi connectivity index (χ0) is 23.9. The van der Waals surface area contributed by atoms with Gasteiger partial charge in [-0.15, -0.1) is 5.11 Å². The van der Waals surface area contributed by atoms with Gasteiger partial charge in [-0.1, -0.05) is 41.6 Å². The maximum Gasteiger partial charge on any atom is 0.275 e. The molecule has 182 valence electrons. The molecule has 9 nitrogen and oxygen atoms in total. The van der Waals surface area contributed by atoms with Crippen LogP contribution in [0.25, 0.3) is 0 Å². The first-order chi connectivity index (χ1) is 17.2. The van der Waals surface area contributed by atoms with Crippen molar-refractivity contribution in [2.24, 2.45) is 10.2 Å². The molecule has 0 unspecified atom stereocenters. The summed E-state index contributed by atoms with van der Waals surface area (Å²) in [5.41, 5.74) is 1.08. The van der Waals surface area contributed by atoms with E-state index in [-0.39, 0.29) is 0 Å². The standard InChI is InChI=1S/C24H26ClN7O2S/c25-19-5-7-20(8-6-19)35-21-4-2-1-3-18(21)17-26-30-22-27-23(31-9-13-33-14-10-31)29-24(28-22)32-11-15-34-16-12-32/h1-8H,9-17H2. The second kappa shape index (κ2) is 11.8. The molecule has 0 atom stereocenters. The summed E-state index contributed by atoms with van der Waals surface area (Å²) < 4.78 is 11.0. The predicted octanol–water partition coefficient (Wildman–Crippen LogP) is 4.63. The van der Waals surface area contributed by atoms with E-state index in [0.717, 1.165) is 46.6 Å². The van der Waals surface area contributed by atoms with Crippen LogP contribution < -0.4 is 9.80 Å². The van der Waals surface area contributed by atoms with Crippen LogP contribution in [0, 0.1) is 0 Å². The highest BCUT2D eigenvalue weighted by Crippen LogP contribution is 2.31. The molecule has 0 saturated carbocycles. The Labute approximate surface area is 213 Å². The zero-order valence-corrected chi connectivity index (χ0v) is 20.8. The van der Waals surface area contributed by atoms with E-state index in [0.29, 0.717) is 50.8 Å². The summed E-state index contributed by atoms with van der Waals surface area (Å²) in [4.78, 5) is 20.3. The molecular weight excluding hydrogens is 486 g/mol. The topological polar surface area (TPSA) is 88.3 Å². The highest BCUT2D eigenvalue weighted by molar-refractivity contribution is 7.99. The number of anilines is 2. The smallest absolute Gasteiger partial charge is 0.275 e. The minimum absolute atomic E-state index is 0.311. The van der Waals surface area contributed by atoms with Crippen molar-refractivity contribution in [3.05, 3.63) is 59.1 Å². The molecule has 3 aromatic rings. The largest absolute Gasteiger partial charge is 0.378 e. The van der Waals surface area contributed by atoms with Crippen molar-refractivity contribution in [2.45, 2.75) is 16.3 Å². The van der Waals surface area contributed by atoms with Crippen LogP contribution in [-0.2, 0) is 16.0 Å². The Hall–Kier alpha value is -2.79. The van der Waals surface area contributed by atoms with Crippen molar-refractivity contribution in [2.75, 3.05) is 62.4 Å². The molecule has 0 N–H and O–H groups in total. The molecule has 0 bridgehead atoms. The van der Waals surface area contributed by atoms with E-state index in [9.17, 15) is 0 Å². The van der Waals surface area contributed by atoms with Gasteiger partial charge in [-0.3, -0.25) is 0 Å². The second-order valence-electron chi connectivity index (χ2n) is 8.00. The van der Waals surface area contributed by atoms with Crippen molar-refractivity contribution >= 4 is 41.2 Å². The fraction of sp³-hybridized carbons (Fsp3) is 0.375. The van der Waals surface area contributed by atoms with E-state index >= 15 is 0 Å². The van der Waals surface area contributed by atoms with Gasteiger partial charge in [0.15, 0.2) is 0 Å². The van der Waals surface area contributed by atoms with E-state index in [2.05, 4.69) is 42.1 Å². The van der Waals surface area contributed by atoms with Gasteiger partial charge < -0.3 is 19.3 Å². The predicted molar refractivity (Wildman–Crippen MR) is 136 cm³/mol. The molecule has 3 heterocycles. The lowest BCUT2D eigenvalue weighted by Crippen LogP contribution is -2.39. The van der Waals surface area contributed by atoms with Crippen molar-refractivity contribution in [1.29, 1.82) is 0 Å². The summed E-state index contributed by atoms with van der Waals surface area (Å²) in [5.74, 6) is 1.53. The van der Waals surface area contributed by atoms with Crippen molar-refractivity contribution in [3.63, 3.8) is 0 Å². The summed E-state index contributed by atoms with van der Waals surface area (Å²) in [6, 6.07) is 16.0. The third kappa shape index (κ3) is 6.46. The number of aromatic nitrogens is 3. The molecular formula is C24H26ClN7O2S. The fourth-order valence-electron chi connectivity index (χ4n) is 3.74. The minimum Gasteiger partial charge on any atom is -0.378 e. The number of benzene rings is 2. The monoisotopic (exact) mass is 511 g/mol. The Morgan fingerprint density at radius 2 is 1.40 bits per heavy atom. The van der Waals surface area contributed by atoms with Crippen LogP contribution in [0.15, 0.2) is 68.6 Å². The maximum absolute atomic E-state index is 6.02. The van der Waals surface area contributed by atoms with Gasteiger partial charge in [-0.2, -0.15) is 20.1 Å². The Morgan fingerprint density at radius 1 is 0.800 bits per heavy atom. The third-order valence-electron chi connectivity index (χ3n) is 5.60. The number of ether oxygens (including phenoxy) is 2. The molecule has 2 aliphatic heterocycles. The number of azo groups is 1. The minimum atomic E-state index is 0.311. The Kier molecular flexibility index (Phi) is 8.04. The average Bonchev–Trinajstić information content (AvgIpc) is 2.92. The molecule has 2 saturated heterocycles. The number of morpholine rings is 2. The Balaban J connectivity index is 1.35. The fourth-order valence-corrected chi connectivity index (χ4v) is 4.80. The highest BCUT2D eigenvalue weighted by Gasteiger charge is 2.20. The van der Waals surface area contributed by atoms with Gasteiger partial charge >= 0.3 is 0 Å². The molecule has 1 aromatic heterocycles. The molecule has 0 radical (unpaired) electrons. The first-order valence-electron chi connectivity index (χ1n) is 11.5. The van der Waals surface area contributed by atoms with Crippen LogP contribution in [0.2, 0.25) is 5.02 Å². The molecule has 2 fully saturated rings. The van der Waals surface area contributed by atoms with Crippen LogP contribution in [0.5, 0.6) is 0 Å². The highest BCUT2D eigenvalue weighted by atomic mass is 35.5. The number of hydrogen-bond acceptors (Lipinski definition) is 10. The van der Waals surface area contributed by atoms with Crippen LogP contribution in [0.1, 0.15) is 5.56 Å². The maximum atomic E-state index is 6.02. The summed E-state index contributed by atoms with van der Waals surface area (Å²) in [6.45, 7) is 5.96. The van der Waals surface area contributed by atoms with Gasteiger partial charge in [0.1, 0.15) is 0 Å². The van der Waals surface area contributed by atoms with E-state index < -0.39 is 0 Å².